The number of benzene rings is 1. The van der Waals surface area contributed by atoms with Gasteiger partial charge < -0.3 is 9.47 Å². The van der Waals surface area contributed by atoms with Crippen molar-refractivity contribution in [2.45, 2.75) is 32.5 Å². The van der Waals surface area contributed by atoms with Gasteiger partial charge in [0.1, 0.15) is 11.6 Å². The highest BCUT2D eigenvalue weighted by atomic mass is 19.1. The number of carbonyl (C=O) groups excluding carboxylic acids is 1. The van der Waals surface area contributed by atoms with Gasteiger partial charge >= 0.3 is 5.97 Å². The molecule has 0 aromatic heterocycles. The normalized spacial score (nSPS) is 18.1. The molecule has 0 saturated carbocycles. The molecule has 16 heavy (non-hydrogen) atoms. The van der Waals surface area contributed by atoms with E-state index in [9.17, 15) is 9.18 Å². The summed E-state index contributed by atoms with van der Waals surface area (Å²) in [6.45, 7) is 3.53. The van der Waals surface area contributed by atoms with E-state index in [2.05, 4.69) is 0 Å². The Bertz CT molecular complexity index is 415. The quantitative estimate of drug-likeness (QED) is 0.721. The minimum Gasteiger partial charge on any atom is -0.478 e. The lowest BCUT2D eigenvalue weighted by molar-refractivity contribution is -0.154. The van der Waals surface area contributed by atoms with Crippen LogP contribution in [0.1, 0.15) is 19.4 Å². The van der Waals surface area contributed by atoms with E-state index in [1.165, 1.54) is 6.07 Å². The summed E-state index contributed by atoms with van der Waals surface area (Å²) >= 11 is 0. The third kappa shape index (κ3) is 2.01. The van der Waals surface area contributed by atoms with Crippen molar-refractivity contribution in [3.8, 4) is 5.75 Å². The summed E-state index contributed by atoms with van der Waals surface area (Å²) in [4.78, 5) is 11.6. The van der Waals surface area contributed by atoms with Crippen molar-refractivity contribution >= 4 is 5.97 Å². The first-order valence-electron chi connectivity index (χ1n) is 5.22. The third-order valence-corrected chi connectivity index (χ3v) is 2.35. The van der Waals surface area contributed by atoms with Crippen LogP contribution in [0, 0.1) is 5.82 Å². The van der Waals surface area contributed by atoms with E-state index in [1.54, 1.807) is 26.0 Å². The first kappa shape index (κ1) is 10.9. The largest absolute Gasteiger partial charge is 0.478 e. The Kier molecular flexibility index (Phi) is 2.81. The van der Waals surface area contributed by atoms with Crippen LogP contribution in [0.5, 0.6) is 5.75 Å². The van der Waals surface area contributed by atoms with E-state index in [0.717, 1.165) is 0 Å². The molecule has 1 aromatic carbocycles. The lowest BCUT2D eigenvalue weighted by Gasteiger charge is -2.12. The fourth-order valence-corrected chi connectivity index (χ4v) is 1.67. The smallest absolute Gasteiger partial charge is 0.347 e. The average molecular weight is 224 g/mol. The number of fused-ring (bicyclic) bond motifs is 1. The van der Waals surface area contributed by atoms with Gasteiger partial charge in [-0.2, -0.15) is 0 Å². The van der Waals surface area contributed by atoms with Crippen LogP contribution in [-0.4, -0.2) is 18.2 Å². The number of ether oxygens (including phenoxy) is 2. The summed E-state index contributed by atoms with van der Waals surface area (Å²) in [6.07, 6.45) is -0.660. The summed E-state index contributed by atoms with van der Waals surface area (Å²) in [5.74, 6) is -0.339. The van der Waals surface area contributed by atoms with Crippen LogP contribution in [-0.2, 0) is 16.0 Å². The number of esters is 1. The van der Waals surface area contributed by atoms with Gasteiger partial charge in [0.05, 0.1) is 6.10 Å². The Morgan fingerprint density at radius 2 is 2.31 bits per heavy atom. The second kappa shape index (κ2) is 4.12. The first-order chi connectivity index (χ1) is 7.58. The molecule has 1 atom stereocenters. The predicted octanol–water partition coefficient (Wildman–Crippen LogP) is 2.08. The molecule has 0 fully saturated rings. The average Bonchev–Trinajstić information content (AvgIpc) is 2.61. The molecule has 0 radical (unpaired) electrons. The molecule has 0 bridgehead atoms. The Morgan fingerprint density at radius 1 is 1.56 bits per heavy atom. The van der Waals surface area contributed by atoms with Crippen LogP contribution < -0.4 is 4.74 Å². The number of rotatable bonds is 2. The van der Waals surface area contributed by atoms with Gasteiger partial charge in [-0.15, -0.1) is 0 Å². The van der Waals surface area contributed by atoms with E-state index in [0.29, 0.717) is 11.3 Å². The third-order valence-electron chi connectivity index (χ3n) is 2.35. The topological polar surface area (TPSA) is 35.5 Å². The van der Waals surface area contributed by atoms with Crippen molar-refractivity contribution in [2.24, 2.45) is 0 Å². The maximum Gasteiger partial charge on any atom is 0.347 e. The molecule has 0 spiro atoms. The number of carbonyl (C=O) groups is 1. The molecule has 4 heteroatoms. The van der Waals surface area contributed by atoms with Gasteiger partial charge in [-0.3, -0.25) is 0 Å². The highest BCUT2D eigenvalue weighted by molar-refractivity contribution is 5.77. The van der Waals surface area contributed by atoms with Crippen LogP contribution in [0.4, 0.5) is 4.39 Å². The van der Waals surface area contributed by atoms with E-state index < -0.39 is 12.1 Å². The van der Waals surface area contributed by atoms with Gasteiger partial charge in [0, 0.05) is 12.0 Å². The van der Waals surface area contributed by atoms with Gasteiger partial charge in [-0.25, -0.2) is 9.18 Å². The fourth-order valence-electron chi connectivity index (χ4n) is 1.67. The molecule has 0 amide bonds. The molecule has 3 nitrogen and oxygen atoms in total. The molecule has 1 aliphatic heterocycles. The molecular weight excluding hydrogens is 211 g/mol. The summed E-state index contributed by atoms with van der Waals surface area (Å²) in [7, 11) is 0. The zero-order valence-electron chi connectivity index (χ0n) is 9.20. The Hall–Kier alpha value is -1.58. The molecular formula is C12H13FO3. The predicted molar refractivity (Wildman–Crippen MR) is 55.7 cm³/mol. The van der Waals surface area contributed by atoms with Crippen molar-refractivity contribution < 1.29 is 18.7 Å². The van der Waals surface area contributed by atoms with Crippen LogP contribution in [0.15, 0.2) is 18.2 Å². The molecule has 2 rings (SSSR count). The second-order valence-electron chi connectivity index (χ2n) is 4.01. The van der Waals surface area contributed by atoms with Gasteiger partial charge in [-0.1, -0.05) is 6.07 Å². The standard InChI is InChI=1S/C12H13FO3/c1-7(2)15-12(14)11-6-8-9(13)4-3-5-10(8)16-11/h3-5,7,11H,6H2,1-2H3. The minimum absolute atomic E-state index is 0.190. The highest BCUT2D eigenvalue weighted by Crippen LogP contribution is 2.31. The minimum atomic E-state index is -0.714. The van der Waals surface area contributed by atoms with Crippen molar-refractivity contribution in [1.29, 1.82) is 0 Å². The van der Waals surface area contributed by atoms with E-state index in [4.69, 9.17) is 9.47 Å². The van der Waals surface area contributed by atoms with Gasteiger partial charge in [-0.05, 0) is 26.0 Å². The lowest BCUT2D eigenvalue weighted by Crippen LogP contribution is -2.29. The first-order valence-corrected chi connectivity index (χ1v) is 5.22. The summed E-state index contributed by atoms with van der Waals surface area (Å²) < 4.78 is 23.7. The van der Waals surface area contributed by atoms with Crippen molar-refractivity contribution in [1.82, 2.24) is 0 Å². The highest BCUT2D eigenvalue weighted by Gasteiger charge is 2.32. The Morgan fingerprint density at radius 3 is 2.94 bits per heavy atom. The van der Waals surface area contributed by atoms with Crippen LogP contribution in [0.25, 0.3) is 0 Å². The zero-order chi connectivity index (χ0) is 11.7. The van der Waals surface area contributed by atoms with Gasteiger partial charge in [0.25, 0.3) is 0 Å². The number of halogens is 1. The maximum atomic E-state index is 13.4. The van der Waals surface area contributed by atoms with Gasteiger partial charge in [0.2, 0.25) is 0 Å². The number of hydrogen-bond donors (Lipinski definition) is 0. The molecule has 1 unspecified atom stereocenters. The molecule has 0 N–H and O–H groups in total. The second-order valence-corrected chi connectivity index (χ2v) is 4.01. The molecule has 86 valence electrons. The Balaban J connectivity index is 2.11. The molecule has 1 aliphatic rings. The monoisotopic (exact) mass is 224 g/mol. The fraction of sp³-hybridized carbons (Fsp3) is 0.417. The lowest BCUT2D eigenvalue weighted by atomic mass is 10.1. The summed E-state index contributed by atoms with van der Waals surface area (Å²) in [5.41, 5.74) is 0.452. The summed E-state index contributed by atoms with van der Waals surface area (Å²) in [5, 5.41) is 0. The Labute approximate surface area is 93.2 Å². The van der Waals surface area contributed by atoms with Crippen LogP contribution >= 0.6 is 0 Å². The van der Waals surface area contributed by atoms with Crippen molar-refractivity contribution in [2.75, 3.05) is 0 Å². The SMILES string of the molecule is CC(C)OC(=O)C1Cc2c(F)cccc2O1. The van der Waals surface area contributed by atoms with E-state index in [-0.39, 0.29) is 18.3 Å². The molecule has 1 aromatic rings. The van der Waals surface area contributed by atoms with Crippen molar-refractivity contribution in [3.63, 3.8) is 0 Å². The van der Waals surface area contributed by atoms with Crippen LogP contribution in [0.2, 0.25) is 0 Å². The van der Waals surface area contributed by atoms with Gasteiger partial charge in [0.15, 0.2) is 6.10 Å². The number of hydrogen-bond acceptors (Lipinski definition) is 3. The van der Waals surface area contributed by atoms with Crippen molar-refractivity contribution in [3.05, 3.63) is 29.6 Å². The van der Waals surface area contributed by atoms with Crippen LogP contribution in [0.3, 0.4) is 0 Å². The maximum absolute atomic E-state index is 13.4. The summed E-state index contributed by atoms with van der Waals surface area (Å²) in [6, 6.07) is 4.57. The van der Waals surface area contributed by atoms with E-state index >= 15 is 0 Å². The van der Waals surface area contributed by atoms with E-state index in [1.807, 2.05) is 0 Å². The zero-order valence-corrected chi connectivity index (χ0v) is 9.20. The molecule has 0 aliphatic carbocycles. The molecule has 0 saturated heterocycles. The molecule has 1 heterocycles.